The van der Waals surface area contributed by atoms with Crippen LogP contribution in [0, 0.1) is 5.41 Å². The number of carboxylic acids is 1. The summed E-state index contributed by atoms with van der Waals surface area (Å²) in [5.41, 5.74) is -0.882. The lowest BCUT2D eigenvalue weighted by molar-refractivity contribution is -0.148. The molecule has 0 amide bonds. The second-order valence-corrected chi connectivity index (χ2v) is 4.42. The number of nitrogens with zero attached hydrogens (tertiary/aromatic N) is 2. The van der Waals surface area contributed by atoms with Crippen LogP contribution in [0.15, 0.2) is 12.4 Å². The summed E-state index contributed by atoms with van der Waals surface area (Å²) in [6.07, 6.45) is 4.39. The SMILES string of the molecule is CCCn1cc(OCC(C)(C)C(=O)O)cn1. The van der Waals surface area contributed by atoms with Gasteiger partial charge in [-0.1, -0.05) is 6.92 Å². The van der Waals surface area contributed by atoms with Crippen LogP contribution in [0.25, 0.3) is 0 Å². The van der Waals surface area contributed by atoms with E-state index in [1.165, 1.54) is 0 Å². The van der Waals surface area contributed by atoms with Crippen LogP contribution in [-0.4, -0.2) is 27.5 Å². The van der Waals surface area contributed by atoms with Crippen molar-refractivity contribution in [1.29, 1.82) is 0 Å². The van der Waals surface area contributed by atoms with Gasteiger partial charge in [0.15, 0.2) is 5.75 Å². The Morgan fingerprint density at radius 1 is 1.62 bits per heavy atom. The summed E-state index contributed by atoms with van der Waals surface area (Å²) in [5, 5.41) is 13.0. The lowest BCUT2D eigenvalue weighted by Crippen LogP contribution is -2.30. The number of rotatable bonds is 6. The van der Waals surface area contributed by atoms with Gasteiger partial charge < -0.3 is 9.84 Å². The van der Waals surface area contributed by atoms with Crippen LogP contribution in [0.1, 0.15) is 27.2 Å². The minimum atomic E-state index is -0.882. The Morgan fingerprint density at radius 2 is 2.31 bits per heavy atom. The van der Waals surface area contributed by atoms with Gasteiger partial charge in [0.2, 0.25) is 0 Å². The molecule has 0 unspecified atom stereocenters. The van der Waals surface area contributed by atoms with Crippen LogP contribution in [0.5, 0.6) is 5.75 Å². The first-order chi connectivity index (χ1) is 7.45. The van der Waals surface area contributed by atoms with Gasteiger partial charge >= 0.3 is 5.97 Å². The summed E-state index contributed by atoms with van der Waals surface area (Å²) < 4.78 is 7.18. The molecule has 5 nitrogen and oxygen atoms in total. The summed E-state index contributed by atoms with van der Waals surface area (Å²) in [6.45, 7) is 6.30. The smallest absolute Gasteiger partial charge is 0.312 e. The first-order valence-electron chi connectivity index (χ1n) is 5.34. The van der Waals surface area contributed by atoms with E-state index in [2.05, 4.69) is 12.0 Å². The van der Waals surface area contributed by atoms with Gasteiger partial charge in [-0.15, -0.1) is 0 Å². The summed E-state index contributed by atoms with van der Waals surface area (Å²) in [6, 6.07) is 0. The Kier molecular flexibility index (Phi) is 3.93. The van der Waals surface area contributed by atoms with Gasteiger partial charge in [0.05, 0.1) is 17.8 Å². The average molecular weight is 226 g/mol. The van der Waals surface area contributed by atoms with E-state index >= 15 is 0 Å². The number of aryl methyl sites for hydroxylation is 1. The van der Waals surface area contributed by atoms with Crippen LogP contribution in [0.3, 0.4) is 0 Å². The number of ether oxygens (including phenoxy) is 1. The number of aliphatic carboxylic acids is 1. The third-order valence-corrected chi connectivity index (χ3v) is 2.24. The highest BCUT2D eigenvalue weighted by Crippen LogP contribution is 2.18. The molecule has 1 heterocycles. The van der Waals surface area contributed by atoms with E-state index in [-0.39, 0.29) is 6.61 Å². The molecule has 0 aliphatic rings. The van der Waals surface area contributed by atoms with Crippen LogP contribution < -0.4 is 4.74 Å². The van der Waals surface area contributed by atoms with Crippen molar-refractivity contribution >= 4 is 5.97 Å². The van der Waals surface area contributed by atoms with Crippen molar-refractivity contribution in [3.63, 3.8) is 0 Å². The van der Waals surface area contributed by atoms with E-state index in [1.807, 2.05) is 0 Å². The molecule has 0 spiro atoms. The third kappa shape index (κ3) is 3.25. The molecule has 1 aromatic rings. The van der Waals surface area contributed by atoms with Gasteiger partial charge in [0, 0.05) is 6.54 Å². The zero-order valence-electron chi connectivity index (χ0n) is 9.93. The molecule has 0 fully saturated rings. The first kappa shape index (κ1) is 12.5. The molecule has 0 aliphatic carbocycles. The van der Waals surface area contributed by atoms with E-state index in [4.69, 9.17) is 9.84 Å². The Labute approximate surface area is 95.0 Å². The minimum absolute atomic E-state index is 0.139. The summed E-state index contributed by atoms with van der Waals surface area (Å²) in [5.74, 6) is -0.253. The summed E-state index contributed by atoms with van der Waals surface area (Å²) >= 11 is 0. The monoisotopic (exact) mass is 226 g/mol. The van der Waals surface area contributed by atoms with Crippen molar-refractivity contribution in [2.75, 3.05) is 6.61 Å². The van der Waals surface area contributed by atoms with Gasteiger partial charge in [-0.2, -0.15) is 5.10 Å². The predicted octanol–water partition coefficient (Wildman–Crippen LogP) is 1.78. The lowest BCUT2D eigenvalue weighted by Gasteiger charge is -2.18. The van der Waals surface area contributed by atoms with Crippen molar-refractivity contribution < 1.29 is 14.6 Å². The number of carbonyl (C=O) groups is 1. The van der Waals surface area contributed by atoms with Gasteiger partial charge in [-0.25, -0.2) is 0 Å². The molecule has 0 bridgehead atoms. The highest BCUT2D eigenvalue weighted by molar-refractivity contribution is 5.73. The van der Waals surface area contributed by atoms with E-state index < -0.39 is 11.4 Å². The van der Waals surface area contributed by atoms with Crippen molar-refractivity contribution in [2.24, 2.45) is 5.41 Å². The van der Waals surface area contributed by atoms with Crippen LogP contribution in [0.4, 0.5) is 0 Å². The number of aromatic nitrogens is 2. The maximum Gasteiger partial charge on any atom is 0.312 e. The molecule has 5 heteroatoms. The van der Waals surface area contributed by atoms with Crippen LogP contribution >= 0.6 is 0 Å². The fourth-order valence-corrected chi connectivity index (χ4v) is 1.10. The molecular formula is C11H18N2O3. The standard InChI is InChI=1S/C11H18N2O3/c1-4-5-13-7-9(6-12-13)16-8-11(2,3)10(14)15/h6-7H,4-5,8H2,1-3H3,(H,14,15). The van der Waals surface area contributed by atoms with Crippen molar-refractivity contribution in [3.8, 4) is 5.75 Å². The van der Waals surface area contributed by atoms with E-state index in [0.29, 0.717) is 5.75 Å². The van der Waals surface area contributed by atoms with E-state index in [0.717, 1.165) is 13.0 Å². The largest absolute Gasteiger partial charge is 0.489 e. The quantitative estimate of drug-likeness (QED) is 0.803. The molecule has 0 saturated heterocycles. The van der Waals surface area contributed by atoms with Gasteiger partial charge in [-0.05, 0) is 20.3 Å². The van der Waals surface area contributed by atoms with E-state index in [1.54, 1.807) is 30.9 Å². The van der Waals surface area contributed by atoms with Crippen molar-refractivity contribution in [1.82, 2.24) is 9.78 Å². The zero-order valence-corrected chi connectivity index (χ0v) is 9.93. The van der Waals surface area contributed by atoms with Gasteiger partial charge in [0.1, 0.15) is 6.61 Å². The van der Waals surface area contributed by atoms with Gasteiger partial charge in [-0.3, -0.25) is 9.48 Å². The molecule has 1 N–H and O–H groups in total. The Bertz CT molecular complexity index is 358. The normalized spacial score (nSPS) is 11.4. The van der Waals surface area contributed by atoms with Crippen LogP contribution in [-0.2, 0) is 11.3 Å². The maximum atomic E-state index is 10.8. The number of carboxylic acid groups (broad SMARTS) is 1. The Morgan fingerprint density at radius 3 is 2.88 bits per heavy atom. The minimum Gasteiger partial charge on any atom is -0.489 e. The number of hydrogen-bond donors (Lipinski definition) is 1. The van der Waals surface area contributed by atoms with Gasteiger partial charge in [0.25, 0.3) is 0 Å². The summed E-state index contributed by atoms with van der Waals surface area (Å²) in [4.78, 5) is 10.8. The maximum absolute atomic E-state index is 10.8. The molecule has 1 rings (SSSR count). The fraction of sp³-hybridized carbons (Fsp3) is 0.636. The molecule has 0 radical (unpaired) electrons. The molecular weight excluding hydrogens is 208 g/mol. The third-order valence-electron chi connectivity index (χ3n) is 2.24. The second kappa shape index (κ2) is 5.01. The van der Waals surface area contributed by atoms with Crippen LogP contribution in [0.2, 0.25) is 0 Å². The Balaban J connectivity index is 2.51. The molecule has 0 atom stereocenters. The molecule has 0 aromatic carbocycles. The predicted molar refractivity (Wildman–Crippen MR) is 59.4 cm³/mol. The molecule has 0 saturated carbocycles. The average Bonchev–Trinajstić information content (AvgIpc) is 2.63. The first-order valence-corrected chi connectivity index (χ1v) is 5.34. The Hall–Kier alpha value is -1.52. The molecule has 16 heavy (non-hydrogen) atoms. The molecule has 0 aliphatic heterocycles. The second-order valence-electron chi connectivity index (χ2n) is 4.42. The fourth-order valence-electron chi connectivity index (χ4n) is 1.10. The van der Waals surface area contributed by atoms with E-state index in [9.17, 15) is 4.79 Å². The van der Waals surface area contributed by atoms with Crippen molar-refractivity contribution in [2.45, 2.75) is 33.7 Å². The molecule has 90 valence electrons. The lowest BCUT2D eigenvalue weighted by atomic mass is 9.95. The number of hydrogen-bond acceptors (Lipinski definition) is 3. The topological polar surface area (TPSA) is 64.3 Å². The summed E-state index contributed by atoms with van der Waals surface area (Å²) in [7, 11) is 0. The zero-order chi connectivity index (χ0) is 12.2. The molecule has 1 aromatic heterocycles. The highest BCUT2D eigenvalue weighted by atomic mass is 16.5. The highest BCUT2D eigenvalue weighted by Gasteiger charge is 2.28. The van der Waals surface area contributed by atoms with Crippen molar-refractivity contribution in [3.05, 3.63) is 12.4 Å².